The Morgan fingerprint density at radius 1 is 0.944 bits per heavy atom. The molecule has 1 aliphatic carbocycles. The van der Waals surface area contributed by atoms with Crippen LogP contribution in [0.4, 0.5) is 0 Å². The average molecular weight is 244 g/mol. The van der Waals surface area contributed by atoms with E-state index in [0.717, 1.165) is 11.8 Å². The molecule has 0 nitrogen and oxygen atoms in total. The molecule has 1 fully saturated rings. The number of unbranched alkanes of at least 4 members (excludes halogenated alkanes) is 2. The van der Waals surface area contributed by atoms with Crippen molar-refractivity contribution in [2.75, 3.05) is 0 Å². The molecule has 0 bridgehead atoms. The van der Waals surface area contributed by atoms with Gasteiger partial charge in [0.25, 0.3) is 0 Å². The highest BCUT2D eigenvalue weighted by molar-refractivity contribution is 5.75. The highest BCUT2D eigenvalue weighted by Gasteiger charge is 2.21. The van der Waals surface area contributed by atoms with E-state index >= 15 is 0 Å². The van der Waals surface area contributed by atoms with Gasteiger partial charge in [0.05, 0.1) is 8.41 Å². The molecule has 1 heteroatoms. The van der Waals surface area contributed by atoms with Crippen LogP contribution < -0.4 is 0 Å². The van der Waals surface area contributed by atoms with E-state index in [9.17, 15) is 0 Å². The van der Waals surface area contributed by atoms with Crippen LogP contribution in [0.15, 0.2) is 30.3 Å². The molecule has 0 N–H and O–H groups in total. The van der Waals surface area contributed by atoms with Gasteiger partial charge in [-0.2, -0.15) is 0 Å². The molecule has 1 aliphatic rings. The van der Waals surface area contributed by atoms with Crippen molar-refractivity contribution < 1.29 is 0 Å². The molecule has 1 saturated carbocycles. The average Bonchev–Trinajstić information content (AvgIpc) is 2.41. The summed E-state index contributed by atoms with van der Waals surface area (Å²) >= 11 is 0. The highest BCUT2D eigenvalue weighted by Crippen LogP contribution is 2.37. The third-order valence-corrected chi connectivity index (χ3v) is 4.33. The summed E-state index contributed by atoms with van der Waals surface area (Å²) in [4.78, 5) is 0. The maximum atomic E-state index is 2.31. The summed E-state index contributed by atoms with van der Waals surface area (Å²) in [6.07, 6.45) is 11.5. The van der Waals surface area contributed by atoms with Gasteiger partial charge in [-0.05, 0) is 43.1 Å². The topological polar surface area (TPSA) is 0 Å². The van der Waals surface area contributed by atoms with E-state index in [1.807, 2.05) is 0 Å². The van der Waals surface area contributed by atoms with Crippen LogP contribution in [0.3, 0.4) is 0 Å². The van der Waals surface area contributed by atoms with Crippen molar-refractivity contribution in [3.63, 3.8) is 0 Å². The van der Waals surface area contributed by atoms with Crippen LogP contribution in [0, 0.1) is 5.92 Å². The Kier molecular flexibility index (Phi) is 7.16. The first-order valence-electron chi connectivity index (χ1n) is 7.45. The molecule has 2 rings (SSSR count). The van der Waals surface area contributed by atoms with E-state index in [-0.39, 0.29) is 8.41 Å². The third-order valence-electron chi connectivity index (χ3n) is 4.33. The van der Waals surface area contributed by atoms with Crippen LogP contribution in [0.1, 0.15) is 69.8 Å². The molecule has 0 radical (unpaired) electrons. The Bertz CT molecular complexity index is 299. The lowest BCUT2D eigenvalue weighted by atomic mass is 9.77. The lowest BCUT2D eigenvalue weighted by Crippen LogP contribution is -2.13. The van der Waals surface area contributed by atoms with Gasteiger partial charge in [-0.15, -0.1) is 0 Å². The first kappa shape index (κ1) is 15.3. The molecular weight excluding hydrogens is 215 g/mol. The molecule has 0 atom stereocenters. The molecule has 0 unspecified atom stereocenters. The molecule has 100 valence electrons. The second-order valence-corrected chi connectivity index (χ2v) is 5.62. The number of rotatable bonds is 5. The number of hydrogen-bond donors (Lipinski definition) is 0. The molecule has 0 spiro atoms. The summed E-state index contributed by atoms with van der Waals surface area (Å²) in [6, 6.07) is 11.1. The van der Waals surface area contributed by atoms with Gasteiger partial charge in [0.1, 0.15) is 0 Å². The Morgan fingerprint density at radius 2 is 1.61 bits per heavy atom. The van der Waals surface area contributed by atoms with Crippen molar-refractivity contribution in [2.24, 2.45) is 5.92 Å². The van der Waals surface area contributed by atoms with E-state index < -0.39 is 0 Å². The third kappa shape index (κ3) is 4.51. The SMILES string of the molecule is B.CCCCCC1CCC(c2ccccc2)CC1. The highest BCUT2D eigenvalue weighted by atomic mass is 14.3. The van der Waals surface area contributed by atoms with Crippen molar-refractivity contribution in [3.8, 4) is 0 Å². The fraction of sp³-hybridized carbons (Fsp3) is 0.647. The zero-order chi connectivity index (χ0) is 11.9. The summed E-state index contributed by atoms with van der Waals surface area (Å²) in [5, 5.41) is 0. The maximum absolute atomic E-state index is 2.31. The second kappa shape index (κ2) is 8.40. The van der Waals surface area contributed by atoms with E-state index in [1.165, 1.54) is 51.4 Å². The molecule has 0 heterocycles. The molecule has 0 aliphatic heterocycles. The lowest BCUT2D eigenvalue weighted by Gasteiger charge is -2.28. The Labute approximate surface area is 115 Å². The lowest BCUT2D eigenvalue weighted by molar-refractivity contribution is 0.303. The zero-order valence-corrected chi connectivity index (χ0v) is 11.2. The molecule has 0 saturated heterocycles. The fourth-order valence-electron chi connectivity index (χ4n) is 3.19. The number of hydrogen-bond acceptors (Lipinski definition) is 0. The van der Waals surface area contributed by atoms with Gasteiger partial charge >= 0.3 is 0 Å². The van der Waals surface area contributed by atoms with Crippen LogP contribution in [-0.4, -0.2) is 8.41 Å². The van der Waals surface area contributed by atoms with Gasteiger partial charge in [0, 0.05) is 0 Å². The van der Waals surface area contributed by atoms with Gasteiger partial charge in [0.2, 0.25) is 0 Å². The second-order valence-electron chi connectivity index (χ2n) is 5.62. The van der Waals surface area contributed by atoms with E-state index in [1.54, 1.807) is 5.56 Å². The molecule has 0 aromatic heterocycles. The van der Waals surface area contributed by atoms with Gasteiger partial charge in [-0.25, -0.2) is 0 Å². The normalized spacial score (nSPS) is 23.4. The Balaban J connectivity index is 0.00000162. The molecule has 0 amide bonds. The molecular formula is C17H29B. The summed E-state index contributed by atoms with van der Waals surface area (Å²) in [7, 11) is 0. The zero-order valence-electron chi connectivity index (χ0n) is 11.2. The predicted octanol–water partition coefficient (Wildman–Crippen LogP) is 4.36. The summed E-state index contributed by atoms with van der Waals surface area (Å²) in [5.41, 5.74) is 1.57. The Hall–Kier alpha value is -0.715. The minimum Gasteiger partial charge on any atom is -0.0654 e. The van der Waals surface area contributed by atoms with Crippen LogP contribution >= 0.6 is 0 Å². The van der Waals surface area contributed by atoms with Crippen LogP contribution in [-0.2, 0) is 0 Å². The van der Waals surface area contributed by atoms with Crippen LogP contribution in [0.25, 0.3) is 0 Å². The van der Waals surface area contributed by atoms with Gasteiger partial charge < -0.3 is 0 Å². The van der Waals surface area contributed by atoms with Gasteiger partial charge in [0.15, 0.2) is 0 Å². The van der Waals surface area contributed by atoms with Crippen molar-refractivity contribution in [1.82, 2.24) is 0 Å². The predicted molar refractivity (Wildman–Crippen MR) is 85.2 cm³/mol. The quantitative estimate of drug-likeness (QED) is 0.533. The van der Waals surface area contributed by atoms with Gasteiger partial charge in [-0.3, -0.25) is 0 Å². The summed E-state index contributed by atoms with van der Waals surface area (Å²) in [5.74, 6) is 1.88. The minimum atomic E-state index is 0. The summed E-state index contributed by atoms with van der Waals surface area (Å²) < 4.78 is 0. The Morgan fingerprint density at radius 3 is 2.22 bits per heavy atom. The summed E-state index contributed by atoms with van der Waals surface area (Å²) in [6.45, 7) is 2.30. The molecule has 1 aromatic rings. The van der Waals surface area contributed by atoms with E-state index in [0.29, 0.717) is 0 Å². The largest absolute Gasteiger partial charge is 0.0814 e. The van der Waals surface area contributed by atoms with Crippen molar-refractivity contribution >= 4 is 8.41 Å². The maximum Gasteiger partial charge on any atom is 0.0814 e. The minimum absolute atomic E-state index is 0. The monoisotopic (exact) mass is 244 g/mol. The fourth-order valence-corrected chi connectivity index (χ4v) is 3.19. The van der Waals surface area contributed by atoms with Gasteiger partial charge in [-0.1, -0.05) is 62.9 Å². The van der Waals surface area contributed by atoms with Crippen molar-refractivity contribution in [2.45, 2.75) is 64.2 Å². The van der Waals surface area contributed by atoms with E-state index in [4.69, 9.17) is 0 Å². The molecule has 1 aromatic carbocycles. The smallest absolute Gasteiger partial charge is 0.0654 e. The standard InChI is InChI=1S/C17H26.BH3/c1-2-3-5-8-15-11-13-17(14-12-15)16-9-6-4-7-10-16;/h4,6-7,9-10,15,17H,2-3,5,8,11-14H2,1H3;1H3. The molecule has 18 heavy (non-hydrogen) atoms. The van der Waals surface area contributed by atoms with Crippen LogP contribution in [0.2, 0.25) is 0 Å². The van der Waals surface area contributed by atoms with E-state index in [2.05, 4.69) is 37.3 Å². The van der Waals surface area contributed by atoms with Crippen molar-refractivity contribution in [3.05, 3.63) is 35.9 Å². The van der Waals surface area contributed by atoms with Crippen molar-refractivity contribution in [1.29, 1.82) is 0 Å². The first-order valence-corrected chi connectivity index (χ1v) is 7.45. The van der Waals surface area contributed by atoms with Crippen LogP contribution in [0.5, 0.6) is 0 Å². The first-order chi connectivity index (χ1) is 8.40. The number of benzene rings is 1.